The number of rotatable bonds is 5. The average Bonchev–Trinajstić information content (AvgIpc) is 3.29. The Bertz CT molecular complexity index is 527. The van der Waals surface area contributed by atoms with Crippen LogP contribution in [0.25, 0.3) is 0 Å². The van der Waals surface area contributed by atoms with Crippen molar-refractivity contribution in [2.24, 2.45) is 0 Å². The number of hydrogen-bond acceptors (Lipinski definition) is 6. The monoisotopic (exact) mass is 334 g/mol. The molecule has 2 aliphatic rings. The first-order valence-electron chi connectivity index (χ1n) is 7.86. The van der Waals surface area contributed by atoms with Crippen molar-refractivity contribution in [3.05, 3.63) is 44.8 Å². The highest BCUT2D eigenvalue weighted by atomic mass is 32.1. The maximum Gasteiger partial charge on any atom is 0.106 e. The van der Waals surface area contributed by atoms with Crippen LogP contribution in [-0.4, -0.2) is 37.5 Å². The highest BCUT2D eigenvalue weighted by Crippen LogP contribution is 2.31. The minimum absolute atomic E-state index is 0.143. The average molecular weight is 335 g/mol. The Balaban J connectivity index is 1.68. The fourth-order valence-corrected chi connectivity index (χ4v) is 5.22. The van der Waals surface area contributed by atoms with Gasteiger partial charge in [-0.3, -0.25) is 21.3 Å². The van der Waals surface area contributed by atoms with Gasteiger partial charge in [0.15, 0.2) is 0 Å². The fraction of sp³-hybridized carbons (Fsp3) is 0.500. The SMILES string of the molecule is c1csc(CC2(C3(Cc4ccsc4)NCCN3)NCCN2)c1. The van der Waals surface area contributed by atoms with Crippen LogP contribution >= 0.6 is 22.7 Å². The lowest BCUT2D eigenvalue weighted by molar-refractivity contribution is 0.119. The smallest absolute Gasteiger partial charge is 0.106 e. The van der Waals surface area contributed by atoms with Crippen LogP contribution in [0.4, 0.5) is 0 Å². The Morgan fingerprint density at radius 1 is 0.864 bits per heavy atom. The zero-order valence-electron chi connectivity index (χ0n) is 12.5. The molecule has 2 fully saturated rings. The lowest BCUT2D eigenvalue weighted by Crippen LogP contribution is -2.76. The Morgan fingerprint density at radius 2 is 1.55 bits per heavy atom. The first-order chi connectivity index (χ1) is 10.8. The fourth-order valence-electron chi connectivity index (χ4n) is 3.76. The zero-order valence-corrected chi connectivity index (χ0v) is 14.2. The van der Waals surface area contributed by atoms with Crippen molar-refractivity contribution in [1.82, 2.24) is 21.3 Å². The predicted octanol–water partition coefficient (Wildman–Crippen LogP) is 1.37. The van der Waals surface area contributed by atoms with Gasteiger partial charge in [0.1, 0.15) is 11.3 Å². The second kappa shape index (κ2) is 6.03. The summed E-state index contributed by atoms with van der Waals surface area (Å²) < 4.78 is 0. The predicted molar refractivity (Wildman–Crippen MR) is 93.5 cm³/mol. The van der Waals surface area contributed by atoms with Crippen LogP contribution in [0.15, 0.2) is 34.3 Å². The maximum atomic E-state index is 3.78. The van der Waals surface area contributed by atoms with Crippen LogP contribution in [0.3, 0.4) is 0 Å². The second-order valence-electron chi connectivity index (χ2n) is 6.08. The molecule has 4 heterocycles. The molecule has 0 spiro atoms. The minimum atomic E-state index is -0.144. The summed E-state index contributed by atoms with van der Waals surface area (Å²) in [4.78, 5) is 1.42. The van der Waals surface area contributed by atoms with Crippen LogP contribution in [0.2, 0.25) is 0 Å². The maximum absolute atomic E-state index is 3.78. The summed E-state index contributed by atoms with van der Waals surface area (Å²) in [6, 6.07) is 6.62. The Kier molecular flexibility index (Phi) is 4.06. The molecule has 0 bridgehead atoms. The molecule has 0 aliphatic carbocycles. The van der Waals surface area contributed by atoms with Gasteiger partial charge in [-0.25, -0.2) is 0 Å². The van der Waals surface area contributed by atoms with Crippen molar-refractivity contribution in [3.8, 4) is 0 Å². The quantitative estimate of drug-likeness (QED) is 0.667. The summed E-state index contributed by atoms with van der Waals surface area (Å²) in [7, 11) is 0. The molecule has 4 nitrogen and oxygen atoms in total. The largest absolute Gasteiger partial charge is 0.295 e. The normalized spacial score (nSPS) is 23.1. The van der Waals surface area contributed by atoms with Gasteiger partial charge in [0.25, 0.3) is 0 Å². The summed E-state index contributed by atoms with van der Waals surface area (Å²) >= 11 is 3.61. The van der Waals surface area contributed by atoms with Gasteiger partial charge in [-0.05, 0) is 33.8 Å². The third-order valence-corrected chi connectivity index (χ3v) is 6.36. The molecule has 0 radical (unpaired) electrons. The molecule has 4 rings (SSSR count). The van der Waals surface area contributed by atoms with Crippen LogP contribution in [0, 0.1) is 0 Å². The molecule has 4 N–H and O–H groups in total. The van der Waals surface area contributed by atoms with Gasteiger partial charge < -0.3 is 0 Å². The summed E-state index contributed by atoms with van der Waals surface area (Å²) in [5, 5.41) is 21.7. The van der Waals surface area contributed by atoms with E-state index >= 15 is 0 Å². The topological polar surface area (TPSA) is 48.1 Å². The molecule has 2 saturated heterocycles. The van der Waals surface area contributed by atoms with Crippen molar-refractivity contribution >= 4 is 22.7 Å². The molecule has 0 amide bonds. The van der Waals surface area contributed by atoms with Gasteiger partial charge in [0.05, 0.1) is 0 Å². The molecule has 2 aliphatic heterocycles. The van der Waals surface area contributed by atoms with Gasteiger partial charge >= 0.3 is 0 Å². The van der Waals surface area contributed by atoms with Crippen molar-refractivity contribution in [2.45, 2.75) is 24.2 Å². The van der Waals surface area contributed by atoms with Crippen LogP contribution in [0.1, 0.15) is 10.4 Å². The van der Waals surface area contributed by atoms with Gasteiger partial charge in [0, 0.05) is 43.9 Å². The van der Waals surface area contributed by atoms with E-state index in [0.717, 1.165) is 39.0 Å². The van der Waals surface area contributed by atoms with E-state index in [9.17, 15) is 0 Å². The summed E-state index contributed by atoms with van der Waals surface area (Å²) in [5.74, 6) is 0. The molecule has 2 aromatic rings. The molecule has 2 aromatic heterocycles. The molecular weight excluding hydrogens is 312 g/mol. The molecule has 0 atom stereocenters. The summed E-state index contributed by atoms with van der Waals surface area (Å²) in [6.07, 6.45) is 1.98. The van der Waals surface area contributed by atoms with E-state index < -0.39 is 0 Å². The minimum Gasteiger partial charge on any atom is -0.295 e. The van der Waals surface area contributed by atoms with Crippen LogP contribution < -0.4 is 21.3 Å². The van der Waals surface area contributed by atoms with Gasteiger partial charge in [0.2, 0.25) is 0 Å². The third kappa shape index (κ3) is 2.54. The summed E-state index contributed by atoms with van der Waals surface area (Å²) in [6.45, 7) is 4.06. The molecule has 0 saturated carbocycles. The van der Waals surface area contributed by atoms with E-state index in [4.69, 9.17) is 0 Å². The van der Waals surface area contributed by atoms with Crippen molar-refractivity contribution in [2.75, 3.05) is 26.2 Å². The first-order valence-corrected chi connectivity index (χ1v) is 9.68. The highest BCUT2D eigenvalue weighted by molar-refractivity contribution is 7.09. The Hall–Kier alpha value is -0.760. The lowest BCUT2D eigenvalue weighted by atomic mass is 9.85. The van der Waals surface area contributed by atoms with Gasteiger partial charge in [-0.2, -0.15) is 11.3 Å². The molecule has 118 valence electrons. The molecule has 0 aromatic carbocycles. The molecule has 6 heteroatoms. The zero-order chi connectivity index (χ0) is 14.9. The van der Waals surface area contributed by atoms with E-state index in [1.807, 2.05) is 11.3 Å². The van der Waals surface area contributed by atoms with Gasteiger partial charge in [-0.1, -0.05) is 6.07 Å². The van der Waals surface area contributed by atoms with Crippen LogP contribution in [0.5, 0.6) is 0 Å². The second-order valence-corrected chi connectivity index (χ2v) is 7.89. The molecule has 0 unspecified atom stereocenters. The van der Waals surface area contributed by atoms with Crippen molar-refractivity contribution in [3.63, 3.8) is 0 Å². The van der Waals surface area contributed by atoms with Crippen molar-refractivity contribution in [1.29, 1.82) is 0 Å². The van der Waals surface area contributed by atoms with E-state index in [-0.39, 0.29) is 11.3 Å². The van der Waals surface area contributed by atoms with E-state index in [1.54, 1.807) is 11.3 Å². The van der Waals surface area contributed by atoms with Crippen molar-refractivity contribution < 1.29 is 0 Å². The highest BCUT2D eigenvalue weighted by Gasteiger charge is 2.54. The van der Waals surface area contributed by atoms with E-state index in [1.165, 1.54) is 10.4 Å². The van der Waals surface area contributed by atoms with E-state index in [2.05, 4.69) is 55.6 Å². The number of hydrogen-bond donors (Lipinski definition) is 4. The molecule has 22 heavy (non-hydrogen) atoms. The Labute approximate surface area is 139 Å². The van der Waals surface area contributed by atoms with E-state index in [0.29, 0.717) is 0 Å². The number of nitrogens with one attached hydrogen (secondary N) is 4. The molecular formula is C16H22N4S2. The first kappa shape index (κ1) is 14.8. The summed E-state index contributed by atoms with van der Waals surface area (Å²) in [5.41, 5.74) is 1.11. The Morgan fingerprint density at radius 3 is 2.09 bits per heavy atom. The third-order valence-electron chi connectivity index (χ3n) is 4.75. The lowest BCUT2D eigenvalue weighted by Gasteiger charge is -2.47. The van der Waals surface area contributed by atoms with Crippen LogP contribution in [-0.2, 0) is 12.8 Å². The van der Waals surface area contributed by atoms with Gasteiger partial charge in [-0.15, -0.1) is 11.3 Å². The number of thiophene rings is 2. The standard InChI is InChI=1S/C16H22N4S2/c1-2-14(22-8-1)11-16(19-6-7-20-16)15(17-4-5-18-15)10-13-3-9-21-12-13/h1-3,8-9,12,17-20H,4-7,10-11H2.